The second-order valence-corrected chi connectivity index (χ2v) is 20.3. The van der Waals surface area contributed by atoms with Gasteiger partial charge in [0.1, 0.15) is 11.4 Å². The van der Waals surface area contributed by atoms with Gasteiger partial charge in [0.15, 0.2) is 8.32 Å². The van der Waals surface area contributed by atoms with Crippen molar-refractivity contribution in [2.24, 2.45) is 11.3 Å². The molecular weight excluding hydrogens is 581 g/mol. The summed E-state index contributed by atoms with van der Waals surface area (Å²) in [5, 5.41) is -0.0312. The van der Waals surface area contributed by atoms with E-state index in [1.54, 1.807) is 27.7 Å². The molecule has 13 heteroatoms. The Bertz CT molecular complexity index is 1030. The predicted molar refractivity (Wildman–Crippen MR) is 152 cm³/mol. The highest BCUT2D eigenvalue weighted by Gasteiger charge is 2.55. The minimum Gasteiger partial charge on any atom is -0.465 e. The summed E-state index contributed by atoms with van der Waals surface area (Å²) in [6.45, 7) is 21.8. The molecule has 0 aliphatic carbocycles. The Morgan fingerprint density at radius 2 is 1.71 bits per heavy atom. The number of halogens is 3. The van der Waals surface area contributed by atoms with Crippen LogP contribution in [0.5, 0.6) is 0 Å². The summed E-state index contributed by atoms with van der Waals surface area (Å²) < 4.78 is 90.6. The Hall–Kier alpha value is -1.15. The molecule has 5 atom stereocenters. The van der Waals surface area contributed by atoms with Gasteiger partial charge in [-0.25, -0.2) is 0 Å². The fourth-order valence-electron chi connectivity index (χ4n) is 4.63. The van der Waals surface area contributed by atoms with Crippen molar-refractivity contribution in [2.45, 2.75) is 135 Å². The van der Waals surface area contributed by atoms with Crippen molar-refractivity contribution >= 4 is 24.4 Å². The molecule has 8 nitrogen and oxygen atoms in total. The van der Waals surface area contributed by atoms with Gasteiger partial charge >= 0.3 is 21.6 Å². The molecule has 2 fully saturated rings. The maximum atomic E-state index is 12.8. The first-order valence-electron chi connectivity index (χ1n) is 14.2. The summed E-state index contributed by atoms with van der Waals surface area (Å²) in [5.74, 6) is -1.45. The van der Waals surface area contributed by atoms with Gasteiger partial charge in [-0.1, -0.05) is 34.3 Å². The molecule has 0 saturated carbocycles. The first-order valence-corrected chi connectivity index (χ1v) is 18.6. The van der Waals surface area contributed by atoms with Crippen LogP contribution in [0.2, 0.25) is 18.1 Å². The average molecular weight is 631 g/mol. The number of carbonyl (C=O) groups excluding carboxylic acids is 1. The molecular formula is C28H49F3O8SSi. The number of alkyl halides is 3. The standard InChI is InChI=1S/C28H49F3O8SSi/c1-19(20(2)39-40(33,34)28(29,30)31)16-21-13-14-23-27(38-21,18-36-41(9,10)26(6,7)8)17-22(37-23)12-11-15-35-24(32)25(3,4)5/h19,21-23H,2,11-18H2,1,3-10H3/t19-,21-,22+,23+,27-/m1/s1. The molecule has 2 rings (SSSR count). The number of carbonyl (C=O) groups is 1. The number of ether oxygens (including phenoxy) is 3. The Balaban J connectivity index is 2.12. The summed E-state index contributed by atoms with van der Waals surface area (Å²) in [6.07, 6.45) is 2.57. The molecule has 2 aliphatic heterocycles. The van der Waals surface area contributed by atoms with Gasteiger partial charge in [-0.15, -0.1) is 0 Å². The molecule has 0 aromatic carbocycles. The van der Waals surface area contributed by atoms with Gasteiger partial charge in [0.2, 0.25) is 0 Å². The van der Waals surface area contributed by atoms with E-state index in [0.717, 1.165) is 0 Å². The number of allylic oxidation sites excluding steroid dienone is 1. The van der Waals surface area contributed by atoms with E-state index < -0.39 is 46.6 Å². The molecule has 0 spiro atoms. The topological polar surface area (TPSA) is 97.4 Å². The summed E-state index contributed by atoms with van der Waals surface area (Å²) in [4.78, 5) is 12.1. The fraction of sp³-hybridized carbons (Fsp3) is 0.893. The van der Waals surface area contributed by atoms with Gasteiger partial charge in [-0.3, -0.25) is 4.79 Å². The van der Waals surface area contributed by atoms with Crippen LogP contribution >= 0.6 is 0 Å². The quantitative estimate of drug-likeness (QED) is 0.0576. The van der Waals surface area contributed by atoms with Gasteiger partial charge in [0, 0.05) is 12.3 Å². The van der Waals surface area contributed by atoms with Crippen LogP contribution in [0.4, 0.5) is 13.2 Å². The van der Waals surface area contributed by atoms with E-state index in [4.69, 9.17) is 18.6 Å². The maximum Gasteiger partial charge on any atom is 0.534 e. The minimum absolute atomic E-state index is 0.0312. The lowest BCUT2D eigenvalue weighted by Gasteiger charge is -2.45. The van der Waals surface area contributed by atoms with Crippen LogP contribution in [0.1, 0.15) is 87.0 Å². The molecule has 2 saturated heterocycles. The largest absolute Gasteiger partial charge is 0.534 e. The zero-order chi connectivity index (χ0) is 31.7. The Labute approximate surface area is 244 Å². The SMILES string of the molecule is C=C(OS(=O)(=O)C(F)(F)F)[C@H](C)C[C@H]1CC[C@@H]2O[C@@H](CCCOC(=O)C(C)(C)C)C[C@]2(CO[Si](C)(C)C(C)(C)C)O1. The lowest BCUT2D eigenvalue weighted by molar-refractivity contribution is -0.183. The second-order valence-electron chi connectivity index (χ2n) is 14.0. The summed E-state index contributed by atoms with van der Waals surface area (Å²) in [6, 6.07) is 0. The van der Waals surface area contributed by atoms with Crippen molar-refractivity contribution in [1.29, 1.82) is 0 Å². The van der Waals surface area contributed by atoms with Gasteiger partial charge in [-0.05, 0) is 71.0 Å². The monoisotopic (exact) mass is 630 g/mol. The van der Waals surface area contributed by atoms with Crippen molar-refractivity contribution in [2.75, 3.05) is 13.2 Å². The van der Waals surface area contributed by atoms with Gasteiger partial charge in [-0.2, -0.15) is 21.6 Å². The first kappa shape index (κ1) is 36.0. The number of esters is 1. The first-order chi connectivity index (χ1) is 18.4. The summed E-state index contributed by atoms with van der Waals surface area (Å²) >= 11 is 0. The maximum absolute atomic E-state index is 12.8. The van der Waals surface area contributed by atoms with Crippen LogP contribution < -0.4 is 0 Å². The molecule has 0 aromatic heterocycles. The number of hydrogen-bond donors (Lipinski definition) is 0. The zero-order valence-electron chi connectivity index (χ0n) is 26.0. The molecule has 0 unspecified atom stereocenters. The molecule has 0 bridgehead atoms. The van der Waals surface area contributed by atoms with Crippen LogP contribution in [0, 0.1) is 11.3 Å². The molecule has 2 aliphatic rings. The van der Waals surface area contributed by atoms with E-state index in [1.807, 2.05) is 0 Å². The molecule has 0 N–H and O–H groups in total. The van der Waals surface area contributed by atoms with Crippen molar-refractivity contribution in [3.05, 3.63) is 12.3 Å². The summed E-state index contributed by atoms with van der Waals surface area (Å²) in [5.41, 5.74) is -6.86. The van der Waals surface area contributed by atoms with E-state index in [0.29, 0.717) is 38.7 Å². The van der Waals surface area contributed by atoms with Gasteiger partial charge in [0.05, 0.1) is 36.9 Å². The van der Waals surface area contributed by atoms with Gasteiger partial charge < -0.3 is 22.8 Å². The number of rotatable bonds is 12. The molecule has 2 heterocycles. The minimum atomic E-state index is -5.79. The fourth-order valence-corrected chi connectivity index (χ4v) is 6.21. The van der Waals surface area contributed by atoms with Crippen molar-refractivity contribution in [3.8, 4) is 0 Å². The van der Waals surface area contributed by atoms with E-state index in [2.05, 4.69) is 44.6 Å². The second kappa shape index (κ2) is 12.8. The average Bonchev–Trinajstić information content (AvgIpc) is 3.16. The van der Waals surface area contributed by atoms with Crippen LogP contribution in [0.15, 0.2) is 12.3 Å². The van der Waals surface area contributed by atoms with Crippen LogP contribution in [0.3, 0.4) is 0 Å². The van der Waals surface area contributed by atoms with Crippen LogP contribution in [-0.2, 0) is 37.7 Å². The lowest BCUT2D eigenvalue weighted by atomic mass is 9.85. The van der Waals surface area contributed by atoms with E-state index >= 15 is 0 Å². The molecule has 0 radical (unpaired) electrons. The van der Waals surface area contributed by atoms with Crippen molar-refractivity contribution < 1.29 is 49.2 Å². The zero-order valence-corrected chi connectivity index (χ0v) is 27.8. The third kappa shape index (κ3) is 9.41. The van der Waals surface area contributed by atoms with E-state index in [9.17, 15) is 26.4 Å². The third-order valence-corrected chi connectivity index (χ3v) is 13.8. The molecule has 0 amide bonds. The van der Waals surface area contributed by atoms with E-state index in [-0.39, 0.29) is 42.3 Å². The Kier molecular flexibility index (Phi) is 11.3. The predicted octanol–water partition coefficient (Wildman–Crippen LogP) is 6.86. The highest BCUT2D eigenvalue weighted by atomic mass is 32.2. The Morgan fingerprint density at radius 1 is 1.10 bits per heavy atom. The highest BCUT2D eigenvalue weighted by molar-refractivity contribution is 7.87. The van der Waals surface area contributed by atoms with Crippen LogP contribution in [-0.4, -0.2) is 65.3 Å². The smallest absolute Gasteiger partial charge is 0.465 e. The van der Waals surface area contributed by atoms with E-state index in [1.165, 1.54) is 0 Å². The molecule has 240 valence electrons. The lowest BCUT2D eigenvalue weighted by Crippen LogP contribution is -2.55. The highest BCUT2D eigenvalue weighted by Crippen LogP contribution is 2.46. The molecule has 0 aromatic rings. The number of fused-ring (bicyclic) bond motifs is 1. The van der Waals surface area contributed by atoms with Crippen LogP contribution in [0.25, 0.3) is 0 Å². The van der Waals surface area contributed by atoms with Crippen molar-refractivity contribution in [1.82, 2.24) is 0 Å². The normalized spacial score (nSPS) is 26.8. The van der Waals surface area contributed by atoms with Crippen molar-refractivity contribution in [3.63, 3.8) is 0 Å². The summed E-state index contributed by atoms with van der Waals surface area (Å²) in [7, 11) is -7.94. The Morgan fingerprint density at radius 3 is 2.24 bits per heavy atom. The third-order valence-electron chi connectivity index (χ3n) is 8.33. The van der Waals surface area contributed by atoms with Gasteiger partial charge in [0.25, 0.3) is 0 Å². The number of hydrogen-bond acceptors (Lipinski definition) is 8. The molecule has 41 heavy (non-hydrogen) atoms.